The van der Waals surface area contributed by atoms with Crippen molar-refractivity contribution in [3.05, 3.63) is 77.3 Å². The van der Waals surface area contributed by atoms with Gasteiger partial charge in [-0.1, -0.05) is 29.8 Å². The van der Waals surface area contributed by atoms with Crippen LogP contribution in [0.2, 0.25) is 5.02 Å². The van der Waals surface area contributed by atoms with Crippen molar-refractivity contribution >= 4 is 21.4 Å². The van der Waals surface area contributed by atoms with E-state index in [1.165, 1.54) is 37.4 Å². The zero-order valence-electron chi connectivity index (χ0n) is 13.5. The summed E-state index contributed by atoms with van der Waals surface area (Å²) in [5, 5.41) is 0.350. The van der Waals surface area contributed by atoms with Crippen molar-refractivity contribution < 1.29 is 21.9 Å². The first-order chi connectivity index (χ1) is 12.3. The molecule has 26 heavy (non-hydrogen) atoms. The molecule has 3 rings (SSSR count). The van der Waals surface area contributed by atoms with E-state index in [4.69, 9.17) is 16.3 Å². The van der Waals surface area contributed by atoms with E-state index >= 15 is 0 Å². The number of benzene rings is 3. The molecule has 0 heterocycles. The molecule has 0 aliphatic heterocycles. The third kappa shape index (κ3) is 3.30. The van der Waals surface area contributed by atoms with E-state index in [9.17, 15) is 17.2 Å². The molecule has 3 aromatic carbocycles. The highest BCUT2D eigenvalue weighted by Gasteiger charge is 2.27. The molecule has 0 saturated carbocycles. The molecule has 0 aliphatic rings. The molecule has 0 unspecified atom stereocenters. The third-order valence-electron chi connectivity index (χ3n) is 3.79. The molecule has 134 valence electrons. The van der Waals surface area contributed by atoms with Crippen molar-refractivity contribution in [2.24, 2.45) is 0 Å². The molecule has 0 fully saturated rings. The Morgan fingerprint density at radius 1 is 0.923 bits per heavy atom. The van der Waals surface area contributed by atoms with Gasteiger partial charge in [0.2, 0.25) is 9.84 Å². The highest BCUT2D eigenvalue weighted by Crippen LogP contribution is 2.36. The zero-order chi connectivity index (χ0) is 18.9. The van der Waals surface area contributed by atoms with Gasteiger partial charge < -0.3 is 4.74 Å². The van der Waals surface area contributed by atoms with Gasteiger partial charge in [0.1, 0.15) is 22.3 Å². The molecule has 0 saturated heterocycles. The average Bonchev–Trinajstić information content (AvgIpc) is 2.61. The molecule has 7 heteroatoms. The number of sulfone groups is 1. The zero-order valence-corrected chi connectivity index (χ0v) is 15.1. The summed E-state index contributed by atoms with van der Waals surface area (Å²) < 4.78 is 59.6. The lowest BCUT2D eigenvalue weighted by molar-refractivity contribution is 0.416. The highest BCUT2D eigenvalue weighted by molar-refractivity contribution is 7.91. The normalized spacial score (nSPS) is 11.4. The Morgan fingerprint density at radius 2 is 1.54 bits per heavy atom. The van der Waals surface area contributed by atoms with Crippen LogP contribution < -0.4 is 4.74 Å². The van der Waals surface area contributed by atoms with Crippen LogP contribution in [0.25, 0.3) is 11.1 Å². The van der Waals surface area contributed by atoms with E-state index < -0.39 is 26.4 Å². The molecule has 0 radical (unpaired) electrons. The fourth-order valence-electron chi connectivity index (χ4n) is 2.60. The van der Waals surface area contributed by atoms with Crippen molar-refractivity contribution in [2.75, 3.05) is 7.11 Å². The van der Waals surface area contributed by atoms with Gasteiger partial charge >= 0.3 is 0 Å². The monoisotopic (exact) mass is 394 g/mol. The first-order valence-electron chi connectivity index (χ1n) is 7.47. The first-order valence-corrected chi connectivity index (χ1v) is 9.34. The van der Waals surface area contributed by atoms with E-state index in [-0.39, 0.29) is 10.5 Å². The Bertz CT molecular complexity index is 1040. The molecule has 0 atom stereocenters. The van der Waals surface area contributed by atoms with Gasteiger partial charge in [-0.2, -0.15) is 0 Å². The quantitative estimate of drug-likeness (QED) is 0.616. The lowest BCUT2D eigenvalue weighted by Gasteiger charge is -2.12. The predicted molar refractivity (Wildman–Crippen MR) is 95.2 cm³/mol. The van der Waals surface area contributed by atoms with Crippen LogP contribution in [0.5, 0.6) is 5.75 Å². The maximum atomic E-state index is 14.6. The highest BCUT2D eigenvalue weighted by atomic mass is 35.5. The van der Waals surface area contributed by atoms with Crippen LogP contribution in [0.3, 0.4) is 0 Å². The molecule has 3 aromatic rings. The van der Waals surface area contributed by atoms with Gasteiger partial charge in [-0.3, -0.25) is 0 Å². The molecule has 0 bridgehead atoms. The fraction of sp³-hybridized carbons (Fsp3) is 0.0526. The Labute approximate surface area is 154 Å². The smallest absolute Gasteiger partial charge is 0.212 e. The third-order valence-corrected chi connectivity index (χ3v) is 5.85. The van der Waals surface area contributed by atoms with Crippen LogP contribution in [0.4, 0.5) is 8.78 Å². The van der Waals surface area contributed by atoms with Crippen LogP contribution in [-0.4, -0.2) is 15.5 Å². The summed E-state index contributed by atoms with van der Waals surface area (Å²) in [4.78, 5) is -1.18. The second-order valence-electron chi connectivity index (χ2n) is 5.43. The maximum absolute atomic E-state index is 14.6. The van der Waals surface area contributed by atoms with E-state index in [2.05, 4.69) is 0 Å². The number of halogens is 3. The molecular formula is C19H13ClF2O3S. The van der Waals surface area contributed by atoms with E-state index in [1.807, 2.05) is 0 Å². The molecule has 0 N–H and O–H groups in total. The van der Waals surface area contributed by atoms with Crippen molar-refractivity contribution in [1.29, 1.82) is 0 Å². The second kappa shape index (κ2) is 7.05. The lowest BCUT2D eigenvalue weighted by atomic mass is 10.0. The van der Waals surface area contributed by atoms with E-state index in [1.54, 1.807) is 18.2 Å². The topological polar surface area (TPSA) is 43.4 Å². The minimum absolute atomic E-state index is 0.117. The summed E-state index contributed by atoms with van der Waals surface area (Å²) in [6, 6.07) is 13.7. The summed E-state index contributed by atoms with van der Waals surface area (Å²) in [6.45, 7) is 0. The van der Waals surface area contributed by atoms with E-state index in [0.717, 1.165) is 12.1 Å². The Kier molecular flexibility index (Phi) is 4.98. The first kappa shape index (κ1) is 18.4. The summed E-state index contributed by atoms with van der Waals surface area (Å²) >= 11 is 5.95. The number of rotatable bonds is 4. The summed E-state index contributed by atoms with van der Waals surface area (Å²) in [7, 11) is -2.92. The second-order valence-corrected chi connectivity index (χ2v) is 7.75. The largest absolute Gasteiger partial charge is 0.496 e. The number of methoxy groups -OCH3 is 1. The van der Waals surface area contributed by atoms with E-state index in [0.29, 0.717) is 16.3 Å². The van der Waals surface area contributed by atoms with Crippen molar-refractivity contribution in [3.63, 3.8) is 0 Å². The molecule has 0 spiro atoms. The molecule has 3 nitrogen and oxygen atoms in total. The van der Waals surface area contributed by atoms with Crippen LogP contribution in [0.15, 0.2) is 70.5 Å². The Hall–Kier alpha value is -2.44. The minimum atomic E-state index is -4.33. The fourth-order valence-corrected chi connectivity index (χ4v) is 4.15. The van der Waals surface area contributed by atoms with Gasteiger partial charge in [0.15, 0.2) is 0 Å². The summed E-state index contributed by atoms with van der Waals surface area (Å²) in [5.41, 5.74) is 0.466. The lowest BCUT2D eigenvalue weighted by Crippen LogP contribution is -2.08. The molecule has 0 amide bonds. The van der Waals surface area contributed by atoms with Crippen LogP contribution in [-0.2, 0) is 9.84 Å². The molecular weight excluding hydrogens is 382 g/mol. The van der Waals surface area contributed by atoms with Gasteiger partial charge in [-0.05, 0) is 48.0 Å². The number of hydrogen-bond donors (Lipinski definition) is 0. The molecule has 0 aromatic heterocycles. The van der Waals surface area contributed by atoms with Gasteiger partial charge in [0.25, 0.3) is 0 Å². The molecule has 0 aliphatic carbocycles. The SMILES string of the molecule is COc1ccc(Cl)cc1-c1cc(F)c(S(=O)(=O)c2ccccc2)c(F)c1. The van der Waals surface area contributed by atoms with Gasteiger partial charge in [0.05, 0.1) is 12.0 Å². The van der Waals surface area contributed by atoms with Gasteiger partial charge in [-0.15, -0.1) is 0 Å². The Balaban J connectivity index is 2.19. The Morgan fingerprint density at radius 3 is 2.12 bits per heavy atom. The van der Waals surface area contributed by atoms with Gasteiger partial charge in [-0.25, -0.2) is 17.2 Å². The summed E-state index contributed by atoms with van der Waals surface area (Å²) in [5.74, 6) is -2.02. The average molecular weight is 395 g/mol. The predicted octanol–water partition coefficient (Wildman–Crippen LogP) is 5.13. The maximum Gasteiger partial charge on any atom is 0.212 e. The standard InChI is InChI=1S/C19H13ClF2O3S/c1-25-18-8-7-13(20)11-15(18)12-9-16(21)19(17(22)10-12)26(23,24)14-5-3-2-4-6-14/h2-11H,1H3. The van der Waals surface area contributed by atoms with Crippen LogP contribution >= 0.6 is 11.6 Å². The minimum Gasteiger partial charge on any atom is -0.496 e. The van der Waals surface area contributed by atoms with Crippen molar-refractivity contribution in [2.45, 2.75) is 9.79 Å². The van der Waals surface area contributed by atoms with Crippen molar-refractivity contribution in [3.8, 4) is 16.9 Å². The van der Waals surface area contributed by atoms with Gasteiger partial charge in [0, 0.05) is 10.6 Å². The number of ether oxygens (including phenoxy) is 1. The summed E-state index contributed by atoms with van der Waals surface area (Å²) in [6.07, 6.45) is 0. The van der Waals surface area contributed by atoms with Crippen molar-refractivity contribution in [1.82, 2.24) is 0 Å². The van der Waals surface area contributed by atoms with Crippen LogP contribution in [0.1, 0.15) is 0 Å². The van der Waals surface area contributed by atoms with Crippen LogP contribution in [0, 0.1) is 11.6 Å². The number of hydrogen-bond acceptors (Lipinski definition) is 3.